The van der Waals surface area contributed by atoms with Gasteiger partial charge < -0.3 is 4.90 Å². The fraction of sp³-hybridized carbons (Fsp3) is 0.455. The van der Waals surface area contributed by atoms with Crippen LogP contribution in [-0.4, -0.2) is 24.9 Å². The molecular weight excluding hydrogens is 220 g/mol. The van der Waals surface area contributed by atoms with E-state index in [2.05, 4.69) is 0 Å². The number of nitrogens with zero attached hydrogens (tertiary/aromatic N) is 1. The van der Waals surface area contributed by atoms with Crippen LogP contribution in [0.5, 0.6) is 0 Å². The molecule has 0 saturated carbocycles. The molecule has 1 rings (SSSR count). The lowest BCUT2D eigenvalue weighted by Gasteiger charge is -2.24. The maximum Gasteiger partial charge on any atom is 0.130 e. The summed E-state index contributed by atoms with van der Waals surface area (Å²) in [5, 5.41) is 0. The summed E-state index contributed by atoms with van der Waals surface area (Å²) >= 11 is 5.65. The SMILES string of the molecule is CN(C)C(CCCl)c1ccc(F)cc1F. The van der Waals surface area contributed by atoms with E-state index in [1.165, 1.54) is 12.1 Å². The van der Waals surface area contributed by atoms with Crippen LogP contribution in [0, 0.1) is 11.6 Å². The van der Waals surface area contributed by atoms with Crippen LogP contribution in [0.25, 0.3) is 0 Å². The molecule has 0 saturated heterocycles. The number of alkyl halides is 1. The Morgan fingerprint density at radius 3 is 2.47 bits per heavy atom. The summed E-state index contributed by atoms with van der Waals surface area (Å²) in [4.78, 5) is 1.87. The summed E-state index contributed by atoms with van der Waals surface area (Å²) in [6.45, 7) is 0. The summed E-state index contributed by atoms with van der Waals surface area (Å²) in [5.74, 6) is -0.627. The van der Waals surface area contributed by atoms with E-state index in [9.17, 15) is 8.78 Å². The average Bonchev–Trinajstić information content (AvgIpc) is 2.15. The molecule has 0 amide bonds. The van der Waals surface area contributed by atoms with Crippen molar-refractivity contribution < 1.29 is 8.78 Å². The van der Waals surface area contributed by atoms with Gasteiger partial charge in [0.05, 0.1) is 0 Å². The molecule has 1 aromatic rings. The minimum Gasteiger partial charge on any atom is -0.302 e. The molecule has 15 heavy (non-hydrogen) atoms. The summed E-state index contributed by atoms with van der Waals surface area (Å²) in [7, 11) is 3.69. The van der Waals surface area contributed by atoms with Crippen molar-refractivity contribution in [2.45, 2.75) is 12.5 Å². The van der Waals surface area contributed by atoms with Gasteiger partial charge in [0, 0.05) is 23.6 Å². The van der Waals surface area contributed by atoms with Gasteiger partial charge in [0.2, 0.25) is 0 Å². The van der Waals surface area contributed by atoms with Crippen molar-refractivity contribution in [1.29, 1.82) is 0 Å². The van der Waals surface area contributed by atoms with Gasteiger partial charge in [-0.3, -0.25) is 0 Å². The predicted octanol–water partition coefficient (Wildman–Crippen LogP) is 3.20. The standard InChI is InChI=1S/C11H14ClF2N/c1-15(2)11(5-6-12)9-4-3-8(13)7-10(9)14/h3-4,7,11H,5-6H2,1-2H3. The number of rotatable bonds is 4. The van der Waals surface area contributed by atoms with Crippen molar-refractivity contribution in [3.8, 4) is 0 Å². The zero-order valence-corrected chi connectivity index (χ0v) is 9.56. The Bertz CT molecular complexity index is 328. The van der Waals surface area contributed by atoms with Gasteiger partial charge in [-0.2, -0.15) is 0 Å². The molecule has 1 aromatic carbocycles. The smallest absolute Gasteiger partial charge is 0.130 e. The zero-order chi connectivity index (χ0) is 11.4. The quantitative estimate of drug-likeness (QED) is 0.722. The highest BCUT2D eigenvalue weighted by Crippen LogP contribution is 2.25. The van der Waals surface area contributed by atoms with Crippen molar-refractivity contribution in [2.75, 3.05) is 20.0 Å². The average molecular weight is 234 g/mol. The molecule has 0 heterocycles. The lowest BCUT2D eigenvalue weighted by molar-refractivity contribution is 0.285. The van der Waals surface area contributed by atoms with Crippen LogP contribution >= 0.6 is 11.6 Å². The van der Waals surface area contributed by atoms with Gasteiger partial charge in [0.1, 0.15) is 11.6 Å². The Hall–Kier alpha value is -0.670. The summed E-state index contributed by atoms with van der Waals surface area (Å²) in [6, 6.07) is 3.54. The molecule has 0 bridgehead atoms. The highest BCUT2D eigenvalue weighted by Gasteiger charge is 2.17. The molecular formula is C11H14ClF2N. The molecule has 1 unspecified atom stereocenters. The Kier molecular flexibility index (Phi) is 4.48. The van der Waals surface area contributed by atoms with Crippen LogP contribution in [0.2, 0.25) is 0 Å². The summed E-state index contributed by atoms with van der Waals surface area (Å²) in [5.41, 5.74) is 0.488. The maximum absolute atomic E-state index is 13.5. The Balaban J connectivity index is 3.00. The lowest BCUT2D eigenvalue weighted by atomic mass is 10.0. The van der Waals surface area contributed by atoms with E-state index in [0.717, 1.165) is 6.07 Å². The van der Waals surface area contributed by atoms with E-state index in [0.29, 0.717) is 17.9 Å². The number of hydrogen-bond donors (Lipinski definition) is 0. The second-order valence-corrected chi connectivity index (χ2v) is 4.00. The Morgan fingerprint density at radius 2 is 2.00 bits per heavy atom. The zero-order valence-electron chi connectivity index (χ0n) is 8.80. The number of benzene rings is 1. The number of hydrogen-bond acceptors (Lipinski definition) is 1. The van der Waals surface area contributed by atoms with Gasteiger partial charge in [-0.15, -0.1) is 11.6 Å². The number of halogens is 3. The van der Waals surface area contributed by atoms with Crippen LogP contribution in [0.15, 0.2) is 18.2 Å². The molecule has 84 valence electrons. The van der Waals surface area contributed by atoms with Crippen LogP contribution in [0.4, 0.5) is 8.78 Å². The van der Waals surface area contributed by atoms with Crippen molar-refractivity contribution in [3.05, 3.63) is 35.4 Å². The Morgan fingerprint density at radius 1 is 1.33 bits per heavy atom. The third-order valence-electron chi connectivity index (χ3n) is 2.33. The highest BCUT2D eigenvalue weighted by atomic mass is 35.5. The molecule has 4 heteroatoms. The fourth-order valence-corrected chi connectivity index (χ4v) is 1.77. The molecule has 0 spiro atoms. The van der Waals surface area contributed by atoms with Crippen molar-refractivity contribution >= 4 is 11.6 Å². The monoisotopic (exact) mass is 233 g/mol. The molecule has 0 aliphatic carbocycles. The van der Waals surface area contributed by atoms with Crippen molar-refractivity contribution in [2.24, 2.45) is 0 Å². The molecule has 0 radical (unpaired) electrons. The largest absolute Gasteiger partial charge is 0.302 e. The first-order valence-corrected chi connectivity index (χ1v) is 5.27. The first-order chi connectivity index (χ1) is 7.06. The van der Waals surface area contributed by atoms with Gasteiger partial charge in [-0.25, -0.2) is 8.78 Å². The maximum atomic E-state index is 13.5. The molecule has 1 nitrogen and oxygen atoms in total. The highest BCUT2D eigenvalue weighted by molar-refractivity contribution is 6.17. The third kappa shape index (κ3) is 3.14. The summed E-state index contributed by atoms with van der Waals surface area (Å²) < 4.78 is 26.2. The molecule has 0 aliphatic rings. The van der Waals surface area contributed by atoms with E-state index in [1.807, 2.05) is 19.0 Å². The lowest BCUT2D eigenvalue weighted by Crippen LogP contribution is -2.21. The first kappa shape index (κ1) is 12.4. The molecule has 0 N–H and O–H groups in total. The van der Waals surface area contributed by atoms with Crippen molar-refractivity contribution in [1.82, 2.24) is 4.90 Å². The Labute approximate surface area is 93.7 Å². The van der Waals surface area contributed by atoms with Crippen molar-refractivity contribution in [3.63, 3.8) is 0 Å². The molecule has 1 atom stereocenters. The molecule has 0 aromatic heterocycles. The summed E-state index contributed by atoms with van der Waals surface area (Å²) in [6.07, 6.45) is 0.636. The van der Waals surface area contributed by atoms with Gasteiger partial charge in [0.25, 0.3) is 0 Å². The van der Waals surface area contributed by atoms with E-state index in [-0.39, 0.29) is 6.04 Å². The van der Waals surface area contributed by atoms with Crippen LogP contribution < -0.4 is 0 Å². The van der Waals surface area contributed by atoms with Crippen LogP contribution in [-0.2, 0) is 0 Å². The van der Waals surface area contributed by atoms with Crippen LogP contribution in [0.3, 0.4) is 0 Å². The minimum atomic E-state index is -0.556. The van der Waals surface area contributed by atoms with Crippen LogP contribution in [0.1, 0.15) is 18.0 Å². The second-order valence-electron chi connectivity index (χ2n) is 3.62. The third-order valence-corrected chi connectivity index (χ3v) is 2.55. The van der Waals surface area contributed by atoms with Gasteiger partial charge in [0.15, 0.2) is 0 Å². The van der Waals surface area contributed by atoms with E-state index >= 15 is 0 Å². The van der Waals surface area contributed by atoms with Gasteiger partial charge >= 0.3 is 0 Å². The predicted molar refractivity (Wildman–Crippen MR) is 58.1 cm³/mol. The van der Waals surface area contributed by atoms with E-state index < -0.39 is 11.6 Å². The normalized spacial score (nSPS) is 13.2. The topological polar surface area (TPSA) is 3.24 Å². The van der Waals surface area contributed by atoms with Gasteiger partial charge in [-0.1, -0.05) is 6.07 Å². The molecule has 0 aliphatic heterocycles. The van der Waals surface area contributed by atoms with E-state index in [1.54, 1.807) is 0 Å². The molecule has 0 fully saturated rings. The minimum absolute atomic E-state index is 0.108. The first-order valence-electron chi connectivity index (χ1n) is 4.73. The fourth-order valence-electron chi connectivity index (χ4n) is 1.57. The van der Waals surface area contributed by atoms with Gasteiger partial charge in [-0.05, 0) is 26.6 Å². The van der Waals surface area contributed by atoms with E-state index in [4.69, 9.17) is 11.6 Å². The second kappa shape index (κ2) is 5.42.